The zero-order valence-corrected chi connectivity index (χ0v) is 17.0. The summed E-state index contributed by atoms with van der Waals surface area (Å²) in [5, 5.41) is 0. The van der Waals surface area contributed by atoms with Gasteiger partial charge in [-0.25, -0.2) is 0 Å². The number of esters is 2. The van der Waals surface area contributed by atoms with E-state index in [9.17, 15) is 9.59 Å². The van der Waals surface area contributed by atoms with Gasteiger partial charge in [0.1, 0.15) is 12.4 Å². The van der Waals surface area contributed by atoms with E-state index in [1.807, 2.05) is 38.1 Å². The molecule has 0 aliphatic carbocycles. The number of carbonyl (C=O) groups is 2. The van der Waals surface area contributed by atoms with Crippen molar-refractivity contribution < 1.29 is 23.8 Å². The summed E-state index contributed by atoms with van der Waals surface area (Å²) in [6.07, 6.45) is 6.82. The highest BCUT2D eigenvalue weighted by molar-refractivity contribution is 5.69. The first kappa shape index (κ1) is 23.0. The van der Waals surface area contributed by atoms with Gasteiger partial charge in [0.2, 0.25) is 0 Å². The van der Waals surface area contributed by atoms with Crippen molar-refractivity contribution in [1.82, 2.24) is 0 Å². The molecule has 0 atom stereocenters. The van der Waals surface area contributed by atoms with Gasteiger partial charge in [-0.15, -0.1) is 0 Å². The summed E-state index contributed by atoms with van der Waals surface area (Å²) < 4.78 is 15.7. The third kappa shape index (κ3) is 11.3. The Hall–Kier alpha value is -2.04. The number of benzene rings is 1. The van der Waals surface area contributed by atoms with Gasteiger partial charge in [-0.2, -0.15) is 0 Å². The van der Waals surface area contributed by atoms with Crippen molar-refractivity contribution in [2.75, 3.05) is 13.7 Å². The fourth-order valence-electron chi connectivity index (χ4n) is 2.63. The molecule has 5 nitrogen and oxygen atoms in total. The Balaban J connectivity index is 1.99. The van der Waals surface area contributed by atoms with Gasteiger partial charge < -0.3 is 14.2 Å². The van der Waals surface area contributed by atoms with E-state index >= 15 is 0 Å². The second-order valence-electron chi connectivity index (χ2n) is 7.17. The van der Waals surface area contributed by atoms with E-state index in [2.05, 4.69) is 0 Å². The van der Waals surface area contributed by atoms with Crippen LogP contribution in [0.15, 0.2) is 24.3 Å². The second-order valence-corrected chi connectivity index (χ2v) is 7.17. The van der Waals surface area contributed by atoms with Crippen molar-refractivity contribution in [2.45, 2.75) is 71.8 Å². The highest BCUT2D eigenvalue weighted by Crippen LogP contribution is 2.18. The van der Waals surface area contributed by atoms with Crippen molar-refractivity contribution in [3.05, 3.63) is 29.8 Å². The van der Waals surface area contributed by atoms with Crippen molar-refractivity contribution in [2.24, 2.45) is 5.92 Å². The van der Waals surface area contributed by atoms with E-state index in [0.717, 1.165) is 49.8 Å². The van der Waals surface area contributed by atoms with Gasteiger partial charge in [0.15, 0.2) is 0 Å². The molecule has 0 spiro atoms. The molecule has 0 heterocycles. The molecule has 0 saturated heterocycles. The fraction of sp³-hybridized carbons (Fsp3) is 0.636. The van der Waals surface area contributed by atoms with Crippen LogP contribution in [0.5, 0.6) is 5.75 Å². The molecule has 0 aliphatic heterocycles. The third-order valence-electron chi connectivity index (χ3n) is 4.17. The quantitative estimate of drug-likeness (QED) is 0.334. The SMILES string of the molecule is COc1ccccc1COC(=O)CCCCCCCCC(=O)OCC(C)C. The maximum absolute atomic E-state index is 11.8. The van der Waals surface area contributed by atoms with E-state index in [1.54, 1.807) is 7.11 Å². The molecule has 5 heteroatoms. The number of carbonyl (C=O) groups excluding carboxylic acids is 2. The molecule has 0 fully saturated rings. The molecule has 0 N–H and O–H groups in total. The molecular weight excluding hydrogens is 344 g/mol. The predicted molar refractivity (Wildman–Crippen MR) is 106 cm³/mol. The first-order chi connectivity index (χ1) is 13.0. The summed E-state index contributed by atoms with van der Waals surface area (Å²) in [5.74, 6) is 0.851. The Kier molecular flexibility index (Phi) is 12.0. The summed E-state index contributed by atoms with van der Waals surface area (Å²) in [6, 6.07) is 7.53. The van der Waals surface area contributed by atoms with E-state index in [1.165, 1.54) is 0 Å². The largest absolute Gasteiger partial charge is 0.496 e. The molecule has 152 valence electrons. The molecular formula is C22H34O5. The number of para-hydroxylation sites is 1. The number of unbranched alkanes of at least 4 members (excludes halogenated alkanes) is 5. The van der Waals surface area contributed by atoms with Crippen LogP contribution in [0.2, 0.25) is 0 Å². The Labute approximate surface area is 163 Å². The predicted octanol–water partition coefficient (Wildman–Crippen LogP) is 5.06. The van der Waals surface area contributed by atoms with Gasteiger partial charge in [0.25, 0.3) is 0 Å². The molecule has 0 unspecified atom stereocenters. The van der Waals surface area contributed by atoms with Crippen LogP contribution in [-0.4, -0.2) is 25.7 Å². The maximum Gasteiger partial charge on any atom is 0.306 e. The molecule has 27 heavy (non-hydrogen) atoms. The topological polar surface area (TPSA) is 61.8 Å². The van der Waals surface area contributed by atoms with Crippen LogP contribution < -0.4 is 4.74 Å². The lowest BCUT2D eigenvalue weighted by Crippen LogP contribution is -2.09. The van der Waals surface area contributed by atoms with Crippen molar-refractivity contribution in [1.29, 1.82) is 0 Å². The van der Waals surface area contributed by atoms with Crippen LogP contribution in [-0.2, 0) is 25.7 Å². The molecule has 0 saturated carbocycles. The summed E-state index contributed by atoms with van der Waals surface area (Å²) in [7, 11) is 1.61. The highest BCUT2D eigenvalue weighted by atomic mass is 16.5. The normalized spacial score (nSPS) is 10.7. The van der Waals surface area contributed by atoms with Crippen LogP contribution in [0.3, 0.4) is 0 Å². The number of hydrogen-bond donors (Lipinski definition) is 0. The van der Waals surface area contributed by atoms with E-state index < -0.39 is 0 Å². The van der Waals surface area contributed by atoms with Crippen LogP contribution in [0.1, 0.15) is 70.8 Å². The Morgan fingerprint density at radius 2 is 1.41 bits per heavy atom. The van der Waals surface area contributed by atoms with Crippen LogP contribution >= 0.6 is 0 Å². The Morgan fingerprint density at radius 3 is 2.00 bits per heavy atom. The van der Waals surface area contributed by atoms with Gasteiger partial charge >= 0.3 is 11.9 Å². The van der Waals surface area contributed by atoms with Crippen molar-refractivity contribution in [3.63, 3.8) is 0 Å². The lowest BCUT2D eigenvalue weighted by Gasteiger charge is -2.09. The minimum atomic E-state index is -0.172. The fourth-order valence-corrected chi connectivity index (χ4v) is 2.63. The minimum Gasteiger partial charge on any atom is -0.496 e. The van der Waals surface area contributed by atoms with E-state index in [-0.39, 0.29) is 18.5 Å². The van der Waals surface area contributed by atoms with Crippen molar-refractivity contribution in [3.8, 4) is 5.75 Å². The van der Waals surface area contributed by atoms with Crippen LogP contribution in [0.25, 0.3) is 0 Å². The summed E-state index contributed by atoms with van der Waals surface area (Å²) in [5.41, 5.74) is 0.875. The number of ether oxygens (including phenoxy) is 3. The Morgan fingerprint density at radius 1 is 0.852 bits per heavy atom. The molecule has 0 aliphatic rings. The molecule has 0 bridgehead atoms. The Bertz CT molecular complexity index is 553. The van der Waals surface area contributed by atoms with Crippen LogP contribution in [0.4, 0.5) is 0 Å². The average Bonchev–Trinajstić information content (AvgIpc) is 2.66. The molecule has 0 aromatic heterocycles. The first-order valence-electron chi connectivity index (χ1n) is 9.96. The number of rotatable bonds is 14. The molecule has 1 aromatic rings. The zero-order valence-electron chi connectivity index (χ0n) is 17.0. The van der Waals surface area contributed by atoms with Gasteiger partial charge in [-0.1, -0.05) is 57.7 Å². The second kappa shape index (κ2) is 14.1. The van der Waals surface area contributed by atoms with E-state index in [4.69, 9.17) is 14.2 Å². The summed E-state index contributed by atoms with van der Waals surface area (Å²) in [4.78, 5) is 23.3. The standard InChI is InChI=1S/C22H34O5/c1-18(2)16-26-21(23)14-8-6-4-5-7-9-15-22(24)27-17-19-12-10-11-13-20(19)25-3/h10-13,18H,4-9,14-17H2,1-3H3. The molecule has 0 radical (unpaired) electrons. The minimum absolute atomic E-state index is 0.0958. The smallest absolute Gasteiger partial charge is 0.306 e. The van der Waals surface area contributed by atoms with Gasteiger partial charge in [-0.05, 0) is 24.8 Å². The molecule has 1 aromatic carbocycles. The monoisotopic (exact) mass is 378 g/mol. The molecule has 0 amide bonds. The molecule has 1 rings (SSSR count). The maximum atomic E-state index is 11.8. The van der Waals surface area contributed by atoms with Gasteiger partial charge in [0, 0.05) is 18.4 Å². The third-order valence-corrected chi connectivity index (χ3v) is 4.17. The summed E-state index contributed by atoms with van der Waals surface area (Å²) >= 11 is 0. The van der Waals surface area contributed by atoms with Crippen LogP contribution in [0, 0.1) is 5.92 Å². The van der Waals surface area contributed by atoms with Crippen molar-refractivity contribution >= 4 is 11.9 Å². The first-order valence-corrected chi connectivity index (χ1v) is 9.96. The number of methoxy groups -OCH3 is 1. The van der Waals surface area contributed by atoms with Gasteiger partial charge in [-0.3, -0.25) is 9.59 Å². The average molecular weight is 379 g/mol. The van der Waals surface area contributed by atoms with E-state index in [0.29, 0.717) is 25.4 Å². The zero-order chi connectivity index (χ0) is 19.9. The summed E-state index contributed by atoms with van der Waals surface area (Å²) in [6.45, 7) is 4.81. The lowest BCUT2D eigenvalue weighted by atomic mass is 10.1. The lowest BCUT2D eigenvalue weighted by molar-refractivity contribution is -0.145. The highest BCUT2D eigenvalue weighted by Gasteiger charge is 2.07. The number of hydrogen-bond acceptors (Lipinski definition) is 5. The van der Waals surface area contributed by atoms with Gasteiger partial charge in [0.05, 0.1) is 13.7 Å².